The maximum atomic E-state index is 12.0. The van der Waals surface area contributed by atoms with E-state index in [-0.39, 0.29) is 17.5 Å². The maximum Gasteiger partial charge on any atom is 0.313 e. The second-order valence-corrected chi connectivity index (χ2v) is 5.20. The zero-order chi connectivity index (χ0) is 11.5. The molecule has 0 spiro atoms. The van der Waals surface area contributed by atoms with Crippen LogP contribution in [0, 0.1) is 11.3 Å². The number of hydrogen-bond donors (Lipinski definition) is 1. The molecule has 0 bridgehead atoms. The quantitative estimate of drug-likeness (QED) is 0.728. The van der Waals surface area contributed by atoms with E-state index in [2.05, 4.69) is 19.2 Å². The number of ether oxygens (including phenoxy) is 1. The third-order valence-electron chi connectivity index (χ3n) is 3.32. The smallest absolute Gasteiger partial charge is 0.313 e. The molecule has 2 atom stereocenters. The van der Waals surface area contributed by atoms with Crippen LogP contribution in [0.2, 0.25) is 0 Å². The second kappa shape index (κ2) is 4.97. The SMILES string of the molecule is CC(C)C(C)OC(=O)C1(C)CCCNC1. The molecule has 0 aliphatic carbocycles. The Labute approximate surface area is 92.6 Å². The van der Waals surface area contributed by atoms with Crippen LogP contribution >= 0.6 is 0 Å². The molecule has 1 aliphatic rings. The van der Waals surface area contributed by atoms with Gasteiger partial charge in [0.25, 0.3) is 0 Å². The molecule has 2 unspecified atom stereocenters. The minimum absolute atomic E-state index is 0.0104. The summed E-state index contributed by atoms with van der Waals surface area (Å²) in [6.07, 6.45) is 2.00. The Bertz CT molecular complexity index is 220. The molecule has 1 heterocycles. The van der Waals surface area contributed by atoms with Crippen LogP contribution in [-0.4, -0.2) is 25.2 Å². The summed E-state index contributed by atoms with van der Waals surface area (Å²) in [5.74, 6) is 0.338. The van der Waals surface area contributed by atoms with E-state index in [4.69, 9.17) is 4.74 Å². The van der Waals surface area contributed by atoms with Gasteiger partial charge in [0.15, 0.2) is 0 Å². The van der Waals surface area contributed by atoms with Crippen LogP contribution in [0.4, 0.5) is 0 Å². The maximum absolute atomic E-state index is 12.0. The Morgan fingerprint density at radius 3 is 2.53 bits per heavy atom. The highest BCUT2D eigenvalue weighted by Crippen LogP contribution is 2.28. The number of nitrogens with one attached hydrogen (secondary N) is 1. The molecule has 0 aromatic rings. The summed E-state index contributed by atoms with van der Waals surface area (Å²) < 4.78 is 5.48. The van der Waals surface area contributed by atoms with Gasteiger partial charge in [-0.15, -0.1) is 0 Å². The van der Waals surface area contributed by atoms with Crippen LogP contribution in [0.3, 0.4) is 0 Å². The zero-order valence-electron chi connectivity index (χ0n) is 10.3. The molecule has 1 aliphatic heterocycles. The average molecular weight is 213 g/mol. The first-order valence-corrected chi connectivity index (χ1v) is 5.87. The van der Waals surface area contributed by atoms with Crippen molar-refractivity contribution in [3.8, 4) is 0 Å². The van der Waals surface area contributed by atoms with Crippen molar-refractivity contribution in [1.29, 1.82) is 0 Å². The number of carbonyl (C=O) groups is 1. The minimum atomic E-state index is -0.318. The third kappa shape index (κ3) is 3.20. The number of esters is 1. The van der Waals surface area contributed by atoms with Crippen molar-refractivity contribution in [2.45, 2.75) is 46.6 Å². The molecule has 15 heavy (non-hydrogen) atoms. The molecule has 0 radical (unpaired) electrons. The van der Waals surface area contributed by atoms with E-state index in [1.807, 2.05) is 13.8 Å². The van der Waals surface area contributed by atoms with Gasteiger partial charge in [-0.05, 0) is 39.2 Å². The Morgan fingerprint density at radius 1 is 1.40 bits per heavy atom. The van der Waals surface area contributed by atoms with Crippen molar-refractivity contribution in [3.63, 3.8) is 0 Å². The highest BCUT2D eigenvalue weighted by Gasteiger charge is 2.37. The summed E-state index contributed by atoms with van der Waals surface area (Å²) >= 11 is 0. The van der Waals surface area contributed by atoms with Gasteiger partial charge in [-0.2, -0.15) is 0 Å². The number of rotatable bonds is 3. The van der Waals surface area contributed by atoms with E-state index in [0.717, 1.165) is 25.9 Å². The molecule has 1 rings (SSSR count). The van der Waals surface area contributed by atoms with Crippen LogP contribution in [0.15, 0.2) is 0 Å². The first kappa shape index (κ1) is 12.5. The van der Waals surface area contributed by atoms with Crippen LogP contribution < -0.4 is 5.32 Å². The summed E-state index contributed by atoms with van der Waals surface area (Å²) in [6, 6.07) is 0. The lowest BCUT2D eigenvalue weighted by Crippen LogP contribution is -2.45. The van der Waals surface area contributed by atoms with Gasteiger partial charge in [-0.25, -0.2) is 0 Å². The lowest BCUT2D eigenvalue weighted by Gasteiger charge is -2.33. The molecule has 1 N–H and O–H groups in total. The summed E-state index contributed by atoms with van der Waals surface area (Å²) in [6.45, 7) is 9.86. The lowest BCUT2D eigenvalue weighted by atomic mass is 9.83. The molecular weight excluding hydrogens is 190 g/mol. The van der Waals surface area contributed by atoms with E-state index in [0.29, 0.717) is 5.92 Å². The Kier molecular flexibility index (Phi) is 4.14. The molecule has 0 saturated carbocycles. The van der Waals surface area contributed by atoms with E-state index >= 15 is 0 Å². The van der Waals surface area contributed by atoms with Crippen LogP contribution in [0.1, 0.15) is 40.5 Å². The second-order valence-electron chi connectivity index (χ2n) is 5.20. The Hall–Kier alpha value is -0.570. The monoisotopic (exact) mass is 213 g/mol. The summed E-state index contributed by atoms with van der Waals surface area (Å²) in [5.41, 5.74) is -0.318. The van der Waals surface area contributed by atoms with E-state index < -0.39 is 0 Å². The van der Waals surface area contributed by atoms with E-state index in [9.17, 15) is 4.79 Å². The fourth-order valence-electron chi connectivity index (χ4n) is 1.68. The minimum Gasteiger partial charge on any atom is -0.462 e. The van der Waals surface area contributed by atoms with E-state index in [1.165, 1.54) is 0 Å². The molecule has 3 nitrogen and oxygen atoms in total. The molecule has 1 saturated heterocycles. The van der Waals surface area contributed by atoms with Crippen molar-refractivity contribution >= 4 is 5.97 Å². The summed E-state index contributed by atoms with van der Waals surface area (Å²) in [5, 5.41) is 3.26. The Morgan fingerprint density at radius 2 is 2.07 bits per heavy atom. The van der Waals surface area contributed by atoms with Gasteiger partial charge in [0, 0.05) is 6.54 Å². The molecule has 1 fully saturated rings. The molecule has 0 aromatic carbocycles. The standard InChI is InChI=1S/C12H23NO2/c1-9(2)10(3)15-11(14)12(4)6-5-7-13-8-12/h9-10,13H,5-8H2,1-4H3. The predicted molar refractivity (Wildman–Crippen MR) is 60.6 cm³/mol. The largest absolute Gasteiger partial charge is 0.462 e. The third-order valence-corrected chi connectivity index (χ3v) is 3.32. The molecular formula is C12H23NO2. The van der Waals surface area contributed by atoms with Gasteiger partial charge < -0.3 is 10.1 Å². The van der Waals surface area contributed by atoms with Crippen molar-refractivity contribution < 1.29 is 9.53 Å². The van der Waals surface area contributed by atoms with Crippen LogP contribution in [0.5, 0.6) is 0 Å². The number of piperidine rings is 1. The first-order valence-electron chi connectivity index (χ1n) is 5.87. The highest BCUT2D eigenvalue weighted by molar-refractivity contribution is 5.77. The topological polar surface area (TPSA) is 38.3 Å². The van der Waals surface area contributed by atoms with Crippen molar-refractivity contribution in [2.24, 2.45) is 11.3 Å². The van der Waals surface area contributed by atoms with Crippen molar-refractivity contribution in [1.82, 2.24) is 5.32 Å². The van der Waals surface area contributed by atoms with Crippen molar-refractivity contribution in [3.05, 3.63) is 0 Å². The van der Waals surface area contributed by atoms with Gasteiger partial charge in [0.05, 0.1) is 5.41 Å². The highest BCUT2D eigenvalue weighted by atomic mass is 16.5. The fraction of sp³-hybridized carbons (Fsp3) is 0.917. The van der Waals surface area contributed by atoms with E-state index in [1.54, 1.807) is 0 Å². The fourth-order valence-corrected chi connectivity index (χ4v) is 1.68. The lowest BCUT2D eigenvalue weighted by molar-refractivity contribution is -0.162. The predicted octanol–water partition coefficient (Wildman–Crippen LogP) is 1.96. The summed E-state index contributed by atoms with van der Waals surface area (Å²) in [7, 11) is 0. The average Bonchev–Trinajstić information content (AvgIpc) is 2.18. The molecule has 0 aromatic heterocycles. The summed E-state index contributed by atoms with van der Waals surface area (Å²) in [4.78, 5) is 12.0. The Balaban J connectivity index is 2.51. The number of hydrogen-bond acceptors (Lipinski definition) is 3. The van der Waals surface area contributed by atoms with Crippen molar-refractivity contribution in [2.75, 3.05) is 13.1 Å². The molecule has 3 heteroatoms. The van der Waals surface area contributed by atoms with Gasteiger partial charge in [-0.1, -0.05) is 13.8 Å². The first-order chi connectivity index (χ1) is 6.96. The molecule has 88 valence electrons. The zero-order valence-corrected chi connectivity index (χ0v) is 10.3. The van der Waals surface area contributed by atoms with Crippen LogP contribution in [0.25, 0.3) is 0 Å². The van der Waals surface area contributed by atoms with Gasteiger partial charge in [0.2, 0.25) is 0 Å². The van der Waals surface area contributed by atoms with Gasteiger partial charge >= 0.3 is 5.97 Å². The number of carbonyl (C=O) groups excluding carboxylic acids is 1. The van der Waals surface area contributed by atoms with Gasteiger partial charge in [-0.3, -0.25) is 4.79 Å². The molecule has 0 amide bonds. The normalized spacial score (nSPS) is 28.9. The van der Waals surface area contributed by atoms with Gasteiger partial charge in [0.1, 0.15) is 6.10 Å². The van der Waals surface area contributed by atoms with Crippen LogP contribution in [-0.2, 0) is 9.53 Å².